The first-order chi connectivity index (χ1) is 14.6. The quantitative estimate of drug-likeness (QED) is 0.710. The lowest BCUT2D eigenvalue weighted by Gasteiger charge is -2.40. The van der Waals surface area contributed by atoms with Gasteiger partial charge >= 0.3 is 0 Å². The van der Waals surface area contributed by atoms with Gasteiger partial charge < -0.3 is 20.5 Å². The minimum absolute atomic E-state index is 0.0745. The molecule has 1 aliphatic heterocycles. The van der Waals surface area contributed by atoms with Crippen molar-refractivity contribution in [3.63, 3.8) is 0 Å². The topological polar surface area (TPSA) is 73.6 Å². The first kappa shape index (κ1) is 21.3. The van der Waals surface area contributed by atoms with Crippen LogP contribution in [-0.4, -0.2) is 38.3 Å². The van der Waals surface area contributed by atoms with Crippen molar-refractivity contribution in [2.24, 2.45) is 11.1 Å². The Morgan fingerprint density at radius 2 is 1.97 bits per heavy atom. The molecule has 6 heteroatoms. The standard InChI is InChI=1S/C24H33FN2O3/c25-14-18(15-26)16-30-21-4-2-19(3-5-21)23-8-1-9-24(17-23,11-10-23)22(28)27-20-6-12-29-13-7-20/h2-5,14,20H,1,6-13,15-17,26H2,(H,27,28). The van der Waals surface area contributed by atoms with Crippen LogP contribution in [0.4, 0.5) is 4.39 Å². The number of fused-ring (bicyclic) bond motifs is 2. The molecule has 4 rings (SSSR count). The van der Waals surface area contributed by atoms with Crippen molar-refractivity contribution < 1.29 is 18.7 Å². The largest absolute Gasteiger partial charge is 0.489 e. The average Bonchev–Trinajstić information content (AvgIpc) is 3.07. The van der Waals surface area contributed by atoms with E-state index >= 15 is 0 Å². The van der Waals surface area contributed by atoms with Crippen LogP contribution in [0.3, 0.4) is 0 Å². The van der Waals surface area contributed by atoms with Crippen LogP contribution in [0.1, 0.15) is 56.9 Å². The van der Waals surface area contributed by atoms with Gasteiger partial charge in [-0.25, -0.2) is 4.39 Å². The lowest BCUT2D eigenvalue weighted by Crippen LogP contribution is -2.48. The van der Waals surface area contributed by atoms with E-state index in [0.29, 0.717) is 17.7 Å². The molecule has 1 aromatic rings. The van der Waals surface area contributed by atoms with Gasteiger partial charge in [0.05, 0.1) is 11.7 Å². The van der Waals surface area contributed by atoms with E-state index in [-0.39, 0.29) is 35.9 Å². The second-order valence-corrected chi connectivity index (χ2v) is 9.24. The Kier molecular flexibility index (Phi) is 6.44. The summed E-state index contributed by atoms with van der Waals surface area (Å²) in [5, 5.41) is 3.34. The number of nitrogens with two attached hydrogens (primary N) is 1. The van der Waals surface area contributed by atoms with Crippen molar-refractivity contribution in [1.82, 2.24) is 5.32 Å². The Bertz CT molecular complexity index is 775. The van der Waals surface area contributed by atoms with Crippen LogP contribution >= 0.6 is 0 Å². The zero-order valence-corrected chi connectivity index (χ0v) is 17.6. The number of halogens is 1. The minimum Gasteiger partial charge on any atom is -0.489 e. The number of carbonyl (C=O) groups excluding carboxylic acids is 1. The van der Waals surface area contributed by atoms with Gasteiger partial charge in [-0.3, -0.25) is 4.79 Å². The van der Waals surface area contributed by atoms with Crippen LogP contribution in [0, 0.1) is 5.41 Å². The van der Waals surface area contributed by atoms with Crippen LogP contribution in [-0.2, 0) is 14.9 Å². The molecule has 2 saturated carbocycles. The number of hydrogen-bond acceptors (Lipinski definition) is 4. The summed E-state index contributed by atoms with van der Waals surface area (Å²) in [6.07, 6.45) is 8.48. The van der Waals surface area contributed by atoms with Crippen LogP contribution < -0.4 is 15.8 Å². The molecule has 0 aromatic heterocycles. The van der Waals surface area contributed by atoms with Crippen molar-refractivity contribution in [3.05, 3.63) is 41.7 Å². The third kappa shape index (κ3) is 4.26. The van der Waals surface area contributed by atoms with E-state index in [0.717, 1.165) is 64.6 Å². The molecule has 5 nitrogen and oxygen atoms in total. The smallest absolute Gasteiger partial charge is 0.226 e. The van der Waals surface area contributed by atoms with Gasteiger partial charge in [-0.05, 0) is 68.1 Å². The van der Waals surface area contributed by atoms with Gasteiger partial charge in [0.25, 0.3) is 0 Å². The SMILES string of the molecule is NCC(=CF)COc1ccc(C23CCCC(C(=O)NC4CCOCC4)(CC2)C3)cc1. The number of carbonyl (C=O) groups is 1. The number of ether oxygens (including phenoxy) is 2. The molecular formula is C24H33FN2O3. The Labute approximate surface area is 178 Å². The van der Waals surface area contributed by atoms with Gasteiger partial charge in [-0.1, -0.05) is 18.6 Å². The van der Waals surface area contributed by atoms with Gasteiger partial charge in [-0.15, -0.1) is 0 Å². The number of nitrogens with one attached hydrogen (secondary N) is 1. The number of hydrogen-bond donors (Lipinski definition) is 2. The molecule has 0 radical (unpaired) electrons. The molecule has 1 heterocycles. The van der Waals surface area contributed by atoms with Crippen LogP contribution in [0.25, 0.3) is 0 Å². The van der Waals surface area contributed by atoms with Crippen LogP contribution in [0.2, 0.25) is 0 Å². The molecule has 30 heavy (non-hydrogen) atoms. The molecular weight excluding hydrogens is 383 g/mol. The van der Waals surface area contributed by atoms with Gasteiger partial charge in [0, 0.05) is 31.4 Å². The Morgan fingerprint density at radius 1 is 1.20 bits per heavy atom. The van der Waals surface area contributed by atoms with Crippen LogP contribution in [0.15, 0.2) is 36.2 Å². The Balaban J connectivity index is 1.42. The number of benzene rings is 1. The highest BCUT2D eigenvalue weighted by atomic mass is 19.1. The molecule has 3 N–H and O–H groups in total. The van der Waals surface area contributed by atoms with E-state index in [1.54, 1.807) is 0 Å². The molecule has 2 unspecified atom stereocenters. The summed E-state index contributed by atoms with van der Waals surface area (Å²) in [5.74, 6) is 0.962. The average molecular weight is 417 g/mol. The predicted octanol–water partition coefficient (Wildman–Crippen LogP) is 3.76. The molecule has 1 amide bonds. The molecule has 164 valence electrons. The fourth-order valence-electron chi connectivity index (χ4n) is 5.59. The van der Waals surface area contributed by atoms with E-state index in [2.05, 4.69) is 17.4 Å². The first-order valence-corrected chi connectivity index (χ1v) is 11.2. The molecule has 3 aliphatic rings. The monoisotopic (exact) mass is 416 g/mol. The van der Waals surface area contributed by atoms with Gasteiger partial charge in [0.15, 0.2) is 0 Å². The summed E-state index contributed by atoms with van der Waals surface area (Å²) < 4.78 is 23.7. The van der Waals surface area contributed by atoms with E-state index in [4.69, 9.17) is 15.2 Å². The Morgan fingerprint density at radius 3 is 2.67 bits per heavy atom. The van der Waals surface area contributed by atoms with Gasteiger partial charge in [0.2, 0.25) is 5.91 Å². The van der Waals surface area contributed by atoms with Crippen molar-refractivity contribution in [2.45, 2.75) is 62.8 Å². The van der Waals surface area contributed by atoms with Crippen molar-refractivity contribution in [2.75, 3.05) is 26.4 Å². The molecule has 0 spiro atoms. The number of amides is 1. The summed E-state index contributed by atoms with van der Waals surface area (Å²) >= 11 is 0. The molecule has 2 aliphatic carbocycles. The number of rotatable bonds is 7. The summed E-state index contributed by atoms with van der Waals surface area (Å²) in [6, 6.07) is 8.40. The van der Waals surface area contributed by atoms with Crippen molar-refractivity contribution in [1.29, 1.82) is 0 Å². The molecule has 1 saturated heterocycles. The zero-order valence-electron chi connectivity index (χ0n) is 17.6. The summed E-state index contributed by atoms with van der Waals surface area (Å²) in [4.78, 5) is 13.3. The lowest BCUT2D eigenvalue weighted by atomic mass is 9.65. The predicted molar refractivity (Wildman–Crippen MR) is 114 cm³/mol. The maximum atomic E-state index is 13.3. The fourth-order valence-corrected chi connectivity index (χ4v) is 5.59. The van der Waals surface area contributed by atoms with Gasteiger partial charge in [0.1, 0.15) is 12.4 Å². The third-order valence-corrected chi connectivity index (χ3v) is 7.42. The third-order valence-electron chi connectivity index (χ3n) is 7.42. The second-order valence-electron chi connectivity index (χ2n) is 9.24. The maximum Gasteiger partial charge on any atom is 0.226 e. The highest BCUT2D eigenvalue weighted by molar-refractivity contribution is 5.84. The Hall–Kier alpha value is -1.92. The lowest BCUT2D eigenvalue weighted by molar-refractivity contribution is -0.133. The van der Waals surface area contributed by atoms with Gasteiger partial charge in [-0.2, -0.15) is 0 Å². The van der Waals surface area contributed by atoms with Crippen LogP contribution in [0.5, 0.6) is 5.75 Å². The maximum absolute atomic E-state index is 13.3. The van der Waals surface area contributed by atoms with E-state index in [1.807, 2.05) is 12.1 Å². The van der Waals surface area contributed by atoms with E-state index < -0.39 is 0 Å². The molecule has 1 aromatic carbocycles. The second kappa shape index (κ2) is 9.06. The summed E-state index contributed by atoms with van der Waals surface area (Å²) in [6.45, 7) is 1.79. The minimum atomic E-state index is -0.228. The van der Waals surface area contributed by atoms with Crippen molar-refractivity contribution in [3.8, 4) is 5.75 Å². The first-order valence-electron chi connectivity index (χ1n) is 11.2. The van der Waals surface area contributed by atoms with E-state index in [9.17, 15) is 9.18 Å². The normalized spacial score (nSPS) is 29.6. The highest BCUT2D eigenvalue weighted by Crippen LogP contribution is 2.59. The van der Waals surface area contributed by atoms with E-state index in [1.165, 1.54) is 5.56 Å². The highest BCUT2D eigenvalue weighted by Gasteiger charge is 2.55. The molecule has 2 atom stereocenters. The summed E-state index contributed by atoms with van der Waals surface area (Å²) in [7, 11) is 0. The molecule has 3 fully saturated rings. The fraction of sp³-hybridized carbons (Fsp3) is 0.625. The van der Waals surface area contributed by atoms with Crippen molar-refractivity contribution >= 4 is 5.91 Å². The summed E-state index contributed by atoms with van der Waals surface area (Å²) in [5.41, 5.74) is 7.04. The molecule has 2 bridgehead atoms. The zero-order chi connectivity index (χ0) is 21.0.